The minimum Gasteiger partial charge on any atom is -0.354 e. The summed E-state index contributed by atoms with van der Waals surface area (Å²) in [6, 6.07) is 7.61. The second-order valence-corrected chi connectivity index (χ2v) is 7.09. The second kappa shape index (κ2) is 8.26. The zero-order valence-corrected chi connectivity index (χ0v) is 16.1. The number of fused-ring (bicyclic) bond motifs is 1. The zero-order valence-electron chi connectivity index (χ0n) is 16.1. The fraction of sp³-hybridized carbons (Fsp3) is 0.273. The van der Waals surface area contributed by atoms with E-state index in [2.05, 4.69) is 32.9 Å². The monoisotopic (exact) mass is 389 g/mol. The predicted molar refractivity (Wildman–Crippen MR) is 111 cm³/mol. The molecule has 7 nitrogen and oxygen atoms in total. The molecule has 148 valence electrons. The van der Waals surface area contributed by atoms with E-state index in [-0.39, 0.29) is 11.8 Å². The van der Waals surface area contributed by atoms with Crippen molar-refractivity contribution in [2.75, 3.05) is 13.1 Å². The molecule has 3 aromatic heterocycles. The van der Waals surface area contributed by atoms with E-state index in [9.17, 15) is 9.59 Å². The molecule has 1 aliphatic rings. The molecule has 1 fully saturated rings. The van der Waals surface area contributed by atoms with Crippen molar-refractivity contribution < 1.29 is 9.59 Å². The zero-order chi connectivity index (χ0) is 20.2. The predicted octanol–water partition coefficient (Wildman–Crippen LogP) is 2.46. The first-order valence-electron chi connectivity index (χ1n) is 9.75. The first-order valence-corrected chi connectivity index (χ1v) is 9.75. The van der Waals surface area contributed by atoms with Crippen molar-refractivity contribution in [1.82, 2.24) is 25.2 Å². The molecular weight excluding hydrogens is 366 g/mol. The normalized spacial score (nSPS) is 16.1. The van der Waals surface area contributed by atoms with Gasteiger partial charge in [-0.25, -0.2) is 4.98 Å². The second-order valence-electron chi connectivity index (χ2n) is 7.09. The molecule has 3 aromatic rings. The fourth-order valence-corrected chi connectivity index (χ4v) is 3.86. The average molecular weight is 389 g/mol. The lowest BCUT2D eigenvalue weighted by Crippen LogP contribution is -2.45. The lowest BCUT2D eigenvalue weighted by atomic mass is 10.1. The minimum absolute atomic E-state index is 0.107. The molecular formula is C22H23N5O2. The summed E-state index contributed by atoms with van der Waals surface area (Å²) in [4.78, 5) is 37.8. The number of hydrogen-bond acceptors (Lipinski definition) is 4. The number of amides is 2. The van der Waals surface area contributed by atoms with Crippen LogP contribution in [0, 0.1) is 0 Å². The Morgan fingerprint density at radius 1 is 1.28 bits per heavy atom. The third-order valence-electron chi connectivity index (χ3n) is 5.29. The third kappa shape index (κ3) is 3.89. The maximum absolute atomic E-state index is 12.5. The molecule has 0 spiro atoms. The van der Waals surface area contributed by atoms with Crippen LogP contribution in [0.1, 0.15) is 18.5 Å². The number of H-pyrrole nitrogens is 1. The van der Waals surface area contributed by atoms with Crippen LogP contribution in [0.4, 0.5) is 0 Å². The highest BCUT2D eigenvalue weighted by Gasteiger charge is 2.32. The highest BCUT2D eigenvalue weighted by atomic mass is 16.2. The largest absolute Gasteiger partial charge is 0.354 e. The lowest BCUT2D eigenvalue weighted by Gasteiger charge is -2.22. The van der Waals surface area contributed by atoms with Gasteiger partial charge in [0.1, 0.15) is 11.7 Å². The molecule has 1 atom stereocenters. The summed E-state index contributed by atoms with van der Waals surface area (Å²) in [6.07, 6.45) is 8.78. The molecule has 2 N–H and O–H groups in total. The van der Waals surface area contributed by atoms with Crippen molar-refractivity contribution in [1.29, 1.82) is 0 Å². The Kier molecular flexibility index (Phi) is 5.37. The molecule has 2 amide bonds. The van der Waals surface area contributed by atoms with Gasteiger partial charge in [-0.05, 0) is 54.3 Å². The molecule has 7 heteroatoms. The summed E-state index contributed by atoms with van der Waals surface area (Å²) in [5.41, 5.74) is 3.99. The topological polar surface area (TPSA) is 91.0 Å². The van der Waals surface area contributed by atoms with Gasteiger partial charge in [0.15, 0.2) is 0 Å². The Labute approximate surface area is 168 Å². The van der Waals surface area contributed by atoms with E-state index < -0.39 is 6.04 Å². The highest BCUT2D eigenvalue weighted by molar-refractivity contribution is 5.94. The Morgan fingerprint density at radius 2 is 2.10 bits per heavy atom. The van der Waals surface area contributed by atoms with Crippen LogP contribution in [0.15, 0.2) is 55.5 Å². The molecule has 29 heavy (non-hydrogen) atoms. The third-order valence-corrected chi connectivity index (χ3v) is 5.29. The van der Waals surface area contributed by atoms with Gasteiger partial charge in [0.25, 0.3) is 0 Å². The number of aromatic nitrogens is 3. The van der Waals surface area contributed by atoms with Crippen LogP contribution in [0.5, 0.6) is 0 Å². The summed E-state index contributed by atoms with van der Waals surface area (Å²) in [6.45, 7) is 4.61. The number of pyridine rings is 2. The summed E-state index contributed by atoms with van der Waals surface area (Å²) in [5, 5.41) is 4.00. The molecule has 4 heterocycles. The molecule has 0 aromatic carbocycles. The van der Waals surface area contributed by atoms with Gasteiger partial charge in [-0.1, -0.05) is 6.58 Å². The molecule has 0 bridgehead atoms. The maximum Gasteiger partial charge on any atom is 0.246 e. The highest BCUT2D eigenvalue weighted by Crippen LogP contribution is 2.27. The number of nitrogens with one attached hydrogen (secondary N) is 2. The van der Waals surface area contributed by atoms with Gasteiger partial charge >= 0.3 is 0 Å². The lowest BCUT2D eigenvalue weighted by molar-refractivity contribution is -0.135. The van der Waals surface area contributed by atoms with E-state index in [4.69, 9.17) is 0 Å². The number of likely N-dealkylation sites (tertiary alicyclic amines) is 1. The summed E-state index contributed by atoms with van der Waals surface area (Å²) in [7, 11) is 0. The minimum atomic E-state index is -0.400. The van der Waals surface area contributed by atoms with E-state index in [1.807, 2.05) is 18.2 Å². The molecule has 4 rings (SSSR count). The maximum atomic E-state index is 12.5. The van der Waals surface area contributed by atoms with Gasteiger partial charge in [-0.3, -0.25) is 14.6 Å². The number of carbonyl (C=O) groups excluding carboxylic acids is 2. The summed E-state index contributed by atoms with van der Waals surface area (Å²) < 4.78 is 0. The smallest absolute Gasteiger partial charge is 0.246 e. The van der Waals surface area contributed by atoms with Crippen molar-refractivity contribution in [3.8, 4) is 11.1 Å². The number of nitrogens with zero attached hydrogens (tertiary/aromatic N) is 3. The number of hydrogen-bond donors (Lipinski definition) is 2. The molecule has 1 aliphatic heterocycles. The Balaban J connectivity index is 1.42. The van der Waals surface area contributed by atoms with Crippen LogP contribution in [-0.2, 0) is 16.0 Å². The fourth-order valence-electron chi connectivity index (χ4n) is 3.86. The van der Waals surface area contributed by atoms with Crippen LogP contribution < -0.4 is 5.32 Å². The van der Waals surface area contributed by atoms with Crippen LogP contribution in [0.2, 0.25) is 0 Å². The van der Waals surface area contributed by atoms with Gasteiger partial charge in [-0.2, -0.15) is 0 Å². The van der Waals surface area contributed by atoms with Gasteiger partial charge in [0.2, 0.25) is 11.8 Å². The summed E-state index contributed by atoms with van der Waals surface area (Å²) in [5.74, 6) is -0.294. The Hall–Kier alpha value is -3.48. The van der Waals surface area contributed by atoms with Crippen LogP contribution >= 0.6 is 0 Å². The number of rotatable bonds is 6. The molecule has 1 saturated heterocycles. The van der Waals surface area contributed by atoms with Crippen molar-refractivity contribution in [3.63, 3.8) is 0 Å². The molecule has 0 aliphatic carbocycles. The number of aromatic amines is 1. The van der Waals surface area contributed by atoms with Gasteiger partial charge < -0.3 is 15.2 Å². The Morgan fingerprint density at radius 3 is 2.90 bits per heavy atom. The molecule has 0 saturated carbocycles. The van der Waals surface area contributed by atoms with Crippen LogP contribution in [0.25, 0.3) is 22.2 Å². The first-order chi connectivity index (χ1) is 14.2. The standard InChI is InChI=1S/C22H23N5O2/c1-2-20(28)27-13-3-4-19(27)22(29)25-11-7-16-14-18-17(8-12-24-21(18)26-16)15-5-9-23-10-6-15/h2,5-6,8-10,12,14,19H,1,3-4,7,11,13H2,(H,24,26)(H,25,29). The molecule has 1 unspecified atom stereocenters. The van der Waals surface area contributed by atoms with Crippen molar-refractivity contribution in [2.45, 2.75) is 25.3 Å². The van der Waals surface area contributed by atoms with Gasteiger partial charge in [-0.15, -0.1) is 0 Å². The Bertz CT molecular complexity index is 1040. The van der Waals surface area contributed by atoms with E-state index in [1.165, 1.54) is 6.08 Å². The van der Waals surface area contributed by atoms with Crippen LogP contribution in [0.3, 0.4) is 0 Å². The van der Waals surface area contributed by atoms with Crippen molar-refractivity contribution >= 4 is 22.8 Å². The van der Waals surface area contributed by atoms with Crippen LogP contribution in [-0.4, -0.2) is 50.8 Å². The summed E-state index contributed by atoms with van der Waals surface area (Å²) >= 11 is 0. The first kappa shape index (κ1) is 18.9. The molecule has 0 radical (unpaired) electrons. The van der Waals surface area contributed by atoms with E-state index in [0.717, 1.165) is 34.3 Å². The van der Waals surface area contributed by atoms with E-state index in [0.29, 0.717) is 25.9 Å². The van der Waals surface area contributed by atoms with Gasteiger partial charge in [0.05, 0.1) is 0 Å². The van der Waals surface area contributed by atoms with Gasteiger partial charge in [0, 0.05) is 49.2 Å². The van der Waals surface area contributed by atoms with Crippen molar-refractivity contribution in [2.24, 2.45) is 0 Å². The van der Waals surface area contributed by atoms with E-state index >= 15 is 0 Å². The SMILES string of the molecule is C=CC(=O)N1CCCC1C(=O)NCCc1cc2c(-c3ccncc3)ccnc2[nH]1. The van der Waals surface area contributed by atoms with E-state index in [1.54, 1.807) is 23.5 Å². The number of carbonyl (C=O) groups is 2. The quantitative estimate of drug-likeness (QED) is 0.634. The average Bonchev–Trinajstić information content (AvgIpc) is 3.40. The van der Waals surface area contributed by atoms with Crippen molar-refractivity contribution in [3.05, 3.63) is 61.2 Å².